The minimum absolute atomic E-state index is 0.173. The molecule has 0 fully saturated rings. The molecule has 3 aliphatic carbocycles. The predicted molar refractivity (Wildman–Crippen MR) is 304 cm³/mol. The van der Waals surface area contributed by atoms with Gasteiger partial charge in [-0.25, -0.2) is 0 Å². The van der Waals surface area contributed by atoms with Gasteiger partial charge < -0.3 is 4.90 Å². The lowest BCUT2D eigenvalue weighted by molar-refractivity contribution is 0.660. The Balaban J connectivity index is 1.01. The third kappa shape index (κ3) is 5.70. The van der Waals surface area contributed by atoms with E-state index in [4.69, 9.17) is 0 Å². The van der Waals surface area contributed by atoms with Crippen LogP contribution >= 0.6 is 11.3 Å². The summed E-state index contributed by atoms with van der Waals surface area (Å²) in [5.74, 6) is 0. The Kier molecular flexibility index (Phi) is 8.86. The van der Waals surface area contributed by atoms with Crippen molar-refractivity contribution in [1.82, 2.24) is 0 Å². The van der Waals surface area contributed by atoms with Crippen LogP contribution in [0.25, 0.3) is 86.9 Å². The molecule has 1 heterocycles. The van der Waals surface area contributed by atoms with Gasteiger partial charge in [0.15, 0.2) is 0 Å². The third-order valence-electron chi connectivity index (χ3n) is 16.3. The summed E-state index contributed by atoms with van der Waals surface area (Å²) < 4.78 is 2.65. The lowest BCUT2D eigenvalue weighted by Crippen LogP contribution is -2.29. The number of hydrogen-bond donors (Lipinski definition) is 0. The van der Waals surface area contributed by atoms with Crippen LogP contribution < -0.4 is 4.90 Å². The highest BCUT2D eigenvalue weighted by atomic mass is 32.1. The van der Waals surface area contributed by atoms with E-state index in [0.29, 0.717) is 0 Å². The normalized spacial score (nSPS) is 15.2. The van der Waals surface area contributed by atoms with Crippen LogP contribution in [0, 0.1) is 0 Å². The van der Waals surface area contributed by atoms with E-state index in [2.05, 4.69) is 267 Å². The van der Waals surface area contributed by atoms with Crippen molar-refractivity contribution in [2.24, 2.45) is 0 Å². The standard InChI is InChI=1S/C70H47NS/c1-69(2)58-27-13-8-24-53(58)54-38-36-48(43-63(54)69)71(64-30-16-11-20-49(64)46-34-32-45(33-35-46)44-18-4-3-5-19-44)47-37-39-61-57(42-47)51-22-7-6-21-50(51)52-23-9-14-28-59(52)70(61)60-29-15-10-25-55(60)67-62(70)40-41-66-68(67)56-26-12-17-31-65(56)72-66/h3-43H,1-2H3. The third-order valence-corrected chi connectivity index (χ3v) is 17.5. The zero-order valence-corrected chi connectivity index (χ0v) is 40.8. The van der Waals surface area contributed by atoms with Crippen LogP contribution in [0.15, 0.2) is 249 Å². The van der Waals surface area contributed by atoms with Crippen LogP contribution in [0.2, 0.25) is 0 Å². The molecule has 15 rings (SSSR count). The average Bonchev–Trinajstić information content (AvgIpc) is 4.03. The van der Waals surface area contributed by atoms with Crippen molar-refractivity contribution in [3.63, 3.8) is 0 Å². The van der Waals surface area contributed by atoms with Crippen molar-refractivity contribution in [3.8, 4) is 66.8 Å². The molecule has 1 atom stereocenters. The van der Waals surface area contributed by atoms with E-state index in [-0.39, 0.29) is 5.41 Å². The number of anilines is 3. The second-order valence-electron chi connectivity index (χ2n) is 20.3. The van der Waals surface area contributed by atoms with Gasteiger partial charge in [-0.1, -0.05) is 220 Å². The molecule has 1 spiro atoms. The highest BCUT2D eigenvalue weighted by molar-refractivity contribution is 7.26. The minimum atomic E-state index is -0.612. The number of fused-ring (bicyclic) bond motifs is 19. The topological polar surface area (TPSA) is 3.24 Å². The van der Waals surface area contributed by atoms with Gasteiger partial charge in [0, 0.05) is 42.5 Å². The maximum absolute atomic E-state index is 2.53. The first-order chi connectivity index (χ1) is 35.5. The fourth-order valence-corrected chi connectivity index (χ4v) is 14.3. The number of benzene rings is 11. The van der Waals surface area contributed by atoms with Crippen molar-refractivity contribution >= 4 is 48.6 Å². The van der Waals surface area contributed by atoms with Gasteiger partial charge in [-0.15, -0.1) is 11.3 Å². The molecular formula is C70H47NS. The van der Waals surface area contributed by atoms with Crippen molar-refractivity contribution in [3.05, 3.63) is 282 Å². The molecule has 1 nitrogen and oxygen atoms in total. The van der Waals surface area contributed by atoms with Crippen LogP contribution in [-0.4, -0.2) is 0 Å². The second-order valence-corrected chi connectivity index (χ2v) is 21.4. The molecule has 12 aromatic rings. The first kappa shape index (κ1) is 41.2. The number of para-hydroxylation sites is 1. The molecular weight excluding hydrogens is 887 g/mol. The van der Waals surface area contributed by atoms with E-state index < -0.39 is 5.41 Å². The molecule has 0 radical (unpaired) electrons. The number of nitrogens with zero attached hydrogens (tertiary/aromatic N) is 1. The van der Waals surface area contributed by atoms with E-state index in [0.717, 1.165) is 17.1 Å². The Morgan fingerprint density at radius 2 is 0.833 bits per heavy atom. The smallest absolute Gasteiger partial charge is 0.0725 e. The Bertz CT molecular complexity index is 4190. The number of hydrogen-bond acceptors (Lipinski definition) is 2. The molecule has 11 aromatic carbocycles. The summed E-state index contributed by atoms with van der Waals surface area (Å²) in [7, 11) is 0. The molecule has 0 saturated heterocycles. The molecule has 338 valence electrons. The van der Waals surface area contributed by atoms with Crippen molar-refractivity contribution in [2.75, 3.05) is 4.90 Å². The summed E-state index contributed by atoms with van der Waals surface area (Å²) in [5, 5.41) is 2.68. The Hall–Kier alpha value is -8.56. The van der Waals surface area contributed by atoms with Gasteiger partial charge in [-0.3, -0.25) is 0 Å². The molecule has 3 aliphatic rings. The van der Waals surface area contributed by atoms with Gasteiger partial charge in [-0.05, 0) is 137 Å². The van der Waals surface area contributed by atoms with E-state index in [1.807, 2.05) is 11.3 Å². The van der Waals surface area contributed by atoms with Gasteiger partial charge in [0.05, 0.1) is 11.1 Å². The van der Waals surface area contributed by atoms with Gasteiger partial charge in [0.2, 0.25) is 0 Å². The molecule has 0 aliphatic heterocycles. The van der Waals surface area contributed by atoms with Gasteiger partial charge >= 0.3 is 0 Å². The van der Waals surface area contributed by atoms with Gasteiger partial charge in [0.25, 0.3) is 0 Å². The van der Waals surface area contributed by atoms with Crippen LogP contribution in [0.5, 0.6) is 0 Å². The van der Waals surface area contributed by atoms with Gasteiger partial charge in [0.1, 0.15) is 0 Å². The summed E-state index contributed by atoms with van der Waals surface area (Å²) in [4.78, 5) is 2.53. The Morgan fingerprint density at radius 3 is 1.61 bits per heavy atom. The zero-order chi connectivity index (χ0) is 47.7. The van der Waals surface area contributed by atoms with Crippen molar-refractivity contribution in [2.45, 2.75) is 24.7 Å². The summed E-state index contributed by atoms with van der Waals surface area (Å²) in [6.07, 6.45) is 0. The molecule has 1 unspecified atom stereocenters. The first-order valence-corrected chi connectivity index (χ1v) is 26.0. The minimum Gasteiger partial charge on any atom is -0.310 e. The van der Waals surface area contributed by atoms with Crippen molar-refractivity contribution < 1.29 is 0 Å². The second kappa shape index (κ2) is 15.5. The van der Waals surface area contributed by atoms with E-state index in [1.165, 1.54) is 120 Å². The molecule has 0 bridgehead atoms. The number of rotatable bonds is 5. The highest BCUT2D eigenvalue weighted by Gasteiger charge is 2.50. The first-order valence-electron chi connectivity index (χ1n) is 25.2. The van der Waals surface area contributed by atoms with E-state index in [1.54, 1.807) is 0 Å². The van der Waals surface area contributed by atoms with E-state index >= 15 is 0 Å². The van der Waals surface area contributed by atoms with Gasteiger partial charge in [-0.2, -0.15) is 0 Å². The van der Waals surface area contributed by atoms with Crippen LogP contribution in [0.3, 0.4) is 0 Å². The largest absolute Gasteiger partial charge is 0.310 e. The summed E-state index contributed by atoms with van der Waals surface area (Å²) >= 11 is 1.90. The lowest BCUT2D eigenvalue weighted by Gasteiger charge is -2.36. The quantitative estimate of drug-likeness (QED) is 0.166. The molecule has 1 aromatic heterocycles. The average molecular weight is 934 g/mol. The SMILES string of the molecule is CC1(C)c2ccccc2-c2ccc(N(c3ccc4c(c3)-c3ccccc3-c3ccccc3C43c4ccccc4-c4c3ccc3sc5ccccc5c43)c3ccccc3-c3ccc(-c4ccccc4)cc3)cc21. The highest BCUT2D eigenvalue weighted by Crippen LogP contribution is 2.64. The predicted octanol–water partition coefficient (Wildman–Crippen LogP) is 19.2. The number of thiophene rings is 1. The van der Waals surface area contributed by atoms with E-state index in [9.17, 15) is 0 Å². The Labute approximate surface area is 424 Å². The molecule has 0 N–H and O–H groups in total. The molecule has 0 amide bonds. The summed E-state index contributed by atoms with van der Waals surface area (Å²) in [6.45, 7) is 4.77. The monoisotopic (exact) mass is 933 g/mol. The fraction of sp³-hybridized carbons (Fsp3) is 0.0571. The maximum Gasteiger partial charge on any atom is 0.0725 e. The Morgan fingerprint density at radius 1 is 0.319 bits per heavy atom. The summed E-state index contributed by atoms with van der Waals surface area (Å²) in [6, 6.07) is 93.8. The molecule has 2 heteroatoms. The zero-order valence-electron chi connectivity index (χ0n) is 40.0. The van der Waals surface area contributed by atoms with Crippen LogP contribution in [0.4, 0.5) is 17.1 Å². The lowest BCUT2D eigenvalue weighted by atomic mass is 9.66. The fourth-order valence-electron chi connectivity index (χ4n) is 13.2. The molecule has 72 heavy (non-hydrogen) atoms. The van der Waals surface area contributed by atoms with Crippen LogP contribution in [-0.2, 0) is 10.8 Å². The molecule has 0 saturated carbocycles. The maximum atomic E-state index is 2.53. The van der Waals surface area contributed by atoms with Crippen molar-refractivity contribution in [1.29, 1.82) is 0 Å². The van der Waals surface area contributed by atoms with Crippen LogP contribution in [0.1, 0.15) is 47.2 Å². The summed E-state index contributed by atoms with van der Waals surface area (Å²) in [5.41, 5.74) is 25.6.